The third-order valence-corrected chi connectivity index (χ3v) is 7.90. The maximum absolute atomic E-state index is 14.1. The number of halogens is 2. The molecule has 3 aromatic heterocycles. The minimum absolute atomic E-state index is 0.0844. The van der Waals surface area contributed by atoms with Gasteiger partial charge in [-0.3, -0.25) is 9.78 Å². The SMILES string of the molecule is Nc1ncnc2c1ncn2Cc1cc(-c2ccc(F)c(F)c2)ncc1N1CCCC(N)(C(=O)C2CCOCC2)C1. The number of imidazole rings is 1. The van der Waals surface area contributed by atoms with Crippen molar-refractivity contribution in [1.82, 2.24) is 24.5 Å². The Bertz CT molecular complexity index is 1570. The molecule has 1 aromatic carbocycles. The predicted molar refractivity (Wildman–Crippen MR) is 145 cm³/mol. The zero-order valence-corrected chi connectivity index (χ0v) is 21.9. The molecule has 0 saturated carbocycles. The number of anilines is 2. The number of ketones is 1. The predicted octanol–water partition coefficient (Wildman–Crippen LogP) is 3.09. The lowest BCUT2D eigenvalue weighted by molar-refractivity contribution is -0.131. The standard InChI is InChI=1S/C28H30F2N8O2/c29-20-3-2-18(10-21(20)30)22-11-19(13-38-16-36-24-26(31)34-15-35-27(24)38)23(12-33-22)37-7-1-6-28(32,14-37)25(39)17-4-8-40-9-5-17/h2-3,10-12,15-17H,1,4-9,13-14,32H2,(H2,31,34,35). The van der Waals surface area contributed by atoms with Crippen LogP contribution in [0, 0.1) is 17.6 Å². The van der Waals surface area contributed by atoms with Crippen LogP contribution in [0.15, 0.2) is 43.1 Å². The first-order valence-corrected chi connectivity index (χ1v) is 13.3. The first kappa shape index (κ1) is 26.2. The van der Waals surface area contributed by atoms with Gasteiger partial charge in [-0.15, -0.1) is 0 Å². The van der Waals surface area contributed by atoms with E-state index in [1.54, 1.807) is 12.5 Å². The number of hydrogen-bond acceptors (Lipinski definition) is 9. The summed E-state index contributed by atoms with van der Waals surface area (Å²) in [5, 5.41) is 0. The Morgan fingerprint density at radius 2 is 1.93 bits per heavy atom. The van der Waals surface area contributed by atoms with Crippen molar-refractivity contribution in [3.8, 4) is 11.3 Å². The summed E-state index contributed by atoms with van der Waals surface area (Å²) in [7, 11) is 0. The molecule has 1 atom stereocenters. The third-order valence-electron chi connectivity index (χ3n) is 7.90. The molecule has 6 rings (SSSR count). The molecule has 0 spiro atoms. The van der Waals surface area contributed by atoms with E-state index >= 15 is 0 Å². The van der Waals surface area contributed by atoms with Crippen molar-refractivity contribution < 1.29 is 18.3 Å². The second-order valence-corrected chi connectivity index (χ2v) is 10.6. The third kappa shape index (κ3) is 4.88. The van der Waals surface area contributed by atoms with Crippen molar-refractivity contribution in [2.75, 3.05) is 36.9 Å². The number of carbonyl (C=O) groups excluding carboxylic acids is 1. The van der Waals surface area contributed by atoms with E-state index in [1.807, 2.05) is 10.6 Å². The molecule has 12 heteroatoms. The lowest BCUT2D eigenvalue weighted by atomic mass is 9.77. The largest absolute Gasteiger partial charge is 0.382 e. The highest BCUT2D eigenvalue weighted by atomic mass is 19.2. The quantitative estimate of drug-likeness (QED) is 0.372. The van der Waals surface area contributed by atoms with Crippen LogP contribution in [0.4, 0.5) is 20.3 Å². The molecule has 0 bridgehead atoms. The summed E-state index contributed by atoms with van der Waals surface area (Å²) in [6, 6.07) is 5.53. The molecule has 208 valence electrons. The second-order valence-electron chi connectivity index (χ2n) is 10.6. The summed E-state index contributed by atoms with van der Waals surface area (Å²) >= 11 is 0. The van der Waals surface area contributed by atoms with Gasteiger partial charge >= 0.3 is 0 Å². The molecular weight excluding hydrogens is 518 g/mol. The summed E-state index contributed by atoms with van der Waals surface area (Å²) in [4.78, 5) is 33.0. The average Bonchev–Trinajstić information content (AvgIpc) is 3.38. The Morgan fingerprint density at radius 3 is 2.73 bits per heavy atom. The van der Waals surface area contributed by atoms with E-state index in [0.717, 1.165) is 29.8 Å². The van der Waals surface area contributed by atoms with E-state index in [1.165, 1.54) is 12.4 Å². The highest BCUT2D eigenvalue weighted by molar-refractivity contribution is 5.91. The van der Waals surface area contributed by atoms with Crippen LogP contribution in [0.25, 0.3) is 22.4 Å². The average molecular weight is 549 g/mol. The number of nitrogens with zero attached hydrogens (tertiary/aromatic N) is 6. The Labute approximate surface area is 229 Å². The van der Waals surface area contributed by atoms with Crippen LogP contribution in [-0.2, 0) is 16.1 Å². The van der Waals surface area contributed by atoms with Gasteiger partial charge in [-0.1, -0.05) is 0 Å². The first-order valence-electron chi connectivity index (χ1n) is 13.3. The van der Waals surface area contributed by atoms with E-state index in [0.29, 0.717) is 74.5 Å². The van der Waals surface area contributed by atoms with Gasteiger partial charge in [-0.2, -0.15) is 0 Å². The summed E-state index contributed by atoms with van der Waals surface area (Å²) < 4.78 is 35.0. The molecule has 0 amide bonds. The smallest absolute Gasteiger partial charge is 0.165 e. The molecule has 10 nitrogen and oxygen atoms in total. The number of fused-ring (bicyclic) bond motifs is 1. The van der Waals surface area contributed by atoms with E-state index < -0.39 is 17.2 Å². The number of Topliss-reactive ketones (excluding diaryl/α,β-unsaturated/α-hetero) is 1. The summed E-state index contributed by atoms with van der Waals surface area (Å²) in [5.74, 6) is -1.62. The van der Waals surface area contributed by atoms with Gasteiger partial charge < -0.3 is 25.7 Å². The molecule has 2 aliphatic heterocycles. The molecule has 2 saturated heterocycles. The van der Waals surface area contributed by atoms with Crippen molar-refractivity contribution in [3.05, 3.63) is 60.3 Å². The van der Waals surface area contributed by atoms with Crippen molar-refractivity contribution >= 4 is 28.5 Å². The maximum Gasteiger partial charge on any atom is 0.165 e. The van der Waals surface area contributed by atoms with Gasteiger partial charge in [-0.05, 0) is 55.5 Å². The van der Waals surface area contributed by atoms with Gasteiger partial charge in [0, 0.05) is 37.8 Å². The monoisotopic (exact) mass is 548 g/mol. The highest BCUT2D eigenvalue weighted by Crippen LogP contribution is 2.33. The van der Waals surface area contributed by atoms with Crippen LogP contribution in [0.3, 0.4) is 0 Å². The van der Waals surface area contributed by atoms with Gasteiger partial charge in [0.2, 0.25) is 0 Å². The van der Waals surface area contributed by atoms with Crippen molar-refractivity contribution in [3.63, 3.8) is 0 Å². The van der Waals surface area contributed by atoms with Crippen LogP contribution < -0.4 is 16.4 Å². The highest BCUT2D eigenvalue weighted by Gasteiger charge is 2.42. The summed E-state index contributed by atoms with van der Waals surface area (Å²) in [6.07, 6.45) is 7.45. The van der Waals surface area contributed by atoms with Gasteiger partial charge in [0.15, 0.2) is 28.9 Å². The van der Waals surface area contributed by atoms with E-state index in [-0.39, 0.29) is 17.5 Å². The topological polar surface area (TPSA) is 138 Å². The second kappa shape index (κ2) is 10.5. The molecule has 5 heterocycles. The Kier molecular flexibility index (Phi) is 6.88. The minimum atomic E-state index is -0.986. The van der Waals surface area contributed by atoms with Gasteiger partial charge in [0.1, 0.15) is 11.8 Å². The Balaban J connectivity index is 1.38. The number of pyridine rings is 1. The molecule has 4 N–H and O–H groups in total. The van der Waals surface area contributed by atoms with Crippen LogP contribution in [0.2, 0.25) is 0 Å². The molecule has 1 unspecified atom stereocenters. The Morgan fingerprint density at radius 1 is 1.10 bits per heavy atom. The fourth-order valence-electron chi connectivity index (χ4n) is 5.77. The van der Waals surface area contributed by atoms with Crippen LogP contribution in [0.1, 0.15) is 31.2 Å². The number of ether oxygens (including phenoxy) is 1. The molecule has 2 aliphatic rings. The molecule has 4 aromatic rings. The molecular formula is C28H30F2N8O2. The lowest BCUT2D eigenvalue weighted by Gasteiger charge is -2.42. The zero-order chi connectivity index (χ0) is 27.9. The number of nitrogen functional groups attached to an aromatic ring is 1. The number of carbonyl (C=O) groups is 1. The summed E-state index contributed by atoms with van der Waals surface area (Å²) in [5.41, 5.74) is 15.4. The number of rotatable bonds is 6. The van der Waals surface area contributed by atoms with Gasteiger partial charge in [-0.25, -0.2) is 23.7 Å². The lowest BCUT2D eigenvalue weighted by Crippen LogP contribution is -2.61. The van der Waals surface area contributed by atoms with Crippen molar-refractivity contribution in [1.29, 1.82) is 0 Å². The van der Waals surface area contributed by atoms with Crippen molar-refractivity contribution in [2.24, 2.45) is 11.7 Å². The first-order chi connectivity index (χ1) is 19.3. The zero-order valence-electron chi connectivity index (χ0n) is 21.9. The Hall–Kier alpha value is -4.03. The fourth-order valence-corrected chi connectivity index (χ4v) is 5.77. The van der Waals surface area contributed by atoms with Gasteiger partial charge in [0.05, 0.1) is 36.0 Å². The summed E-state index contributed by atoms with van der Waals surface area (Å²) in [6.45, 7) is 2.52. The molecule has 40 heavy (non-hydrogen) atoms. The number of aromatic nitrogens is 5. The van der Waals surface area contributed by atoms with Gasteiger partial charge in [0.25, 0.3) is 0 Å². The number of benzene rings is 1. The van der Waals surface area contributed by atoms with Crippen LogP contribution in [-0.4, -0.2) is 62.1 Å². The fraction of sp³-hybridized carbons (Fsp3) is 0.393. The maximum atomic E-state index is 14.1. The molecule has 0 aliphatic carbocycles. The number of nitrogens with two attached hydrogens (primary N) is 2. The van der Waals surface area contributed by atoms with Crippen LogP contribution in [0.5, 0.6) is 0 Å². The van der Waals surface area contributed by atoms with E-state index in [9.17, 15) is 13.6 Å². The number of hydrogen-bond donors (Lipinski definition) is 2. The number of piperidine rings is 1. The van der Waals surface area contributed by atoms with E-state index in [4.69, 9.17) is 16.2 Å². The minimum Gasteiger partial charge on any atom is -0.382 e. The normalized spacial score (nSPS) is 20.2. The molecule has 2 fully saturated rings. The van der Waals surface area contributed by atoms with E-state index in [2.05, 4.69) is 24.8 Å². The van der Waals surface area contributed by atoms with Crippen molar-refractivity contribution in [2.45, 2.75) is 37.8 Å². The molecule has 0 radical (unpaired) electrons. The van der Waals surface area contributed by atoms with Crippen LogP contribution >= 0.6 is 0 Å².